The Kier molecular flexibility index (Phi) is 2.02. The molecule has 1 rings (SSSR count). The van der Waals surface area contributed by atoms with Crippen LogP contribution in [0.4, 0.5) is 4.39 Å². The molecule has 0 amide bonds. The highest BCUT2D eigenvalue weighted by Gasteiger charge is 2.00. The molecule has 0 bridgehead atoms. The highest BCUT2D eigenvalue weighted by molar-refractivity contribution is 5.30. The van der Waals surface area contributed by atoms with Gasteiger partial charge in [0.15, 0.2) is 0 Å². The number of benzene rings is 1. The van der Waals surface area contributed by atoms with Crippen LogP contribution in [0.25, 0.3) is 0 Å². The number of aliphatic hydroxyl groups excluding tert-OH is 1. The minimum Gasteiger partial charge on any atom is -0.385 e. The van der Waals surface area contributed by atoms with Crippen molar-refractivity contribution < 1.29 is 9.50 Å². The largest absolute Gasteiger partial charge is 0.385 e. The lowest BCUT2D eigenvalue weighted by Gasteiger charge is -2.00. The fourth-order valence-electron chi connectivity index (χ4n) is 0.764. The van der Waals surface area contributed by atoms with E-state index in [9.17, 15) is 4.39 Å². The van der Waals surface area contributed by atoms with Crippen molar-refractivity contribution in [1.82, 2.24) is 0 Å². The summed E-state index contributed by atoms with van der Waals surface area (Å²) in [5.74, 6) is -0.289. The van der Waals surface area contributed by atoms with Gasteiger partial charge in [0, 0.05) is 0 Å². The van der Waals surface area contributed by atoms with Crippen molar-refractivity contribution in [2.45, 2.75) is 6.92 Å². The van der Waals surface area contributed by atoms with E-state index in [0.29, 0.717) is 11.1 Å². The molecule has 0 atom stereocenters. The Balaban J connectivity index is 3.14. The second kappa shape index (κ2) is 2.80. The molecule has 0 heterocycles. The molecule has 0 spiro atoms. The van der Waals surface area contributed by atoms with Crippen LogP contribution in [0, 0.1) is 19.3 Å². The summed E-state index contributed by atoms with van der Waals surface area (Å²) >= 11 is 0. The van der Waals surface area contributed by atoms with Crippen LogP contribution in [0.15, 0.2) is 18.2 Å². The number of halogens is 1. The van der Waals surface area contributed by atoms with E-state index in [1.165, 1.54) is 6.07 Å². The second-order valence-electron chi connectivity index (χ2n) is 2.08. The average molecular weight is 139 g/mol. The maximum absolute atomic E-state index is 12.6. The number of hydrogen-bond acceptors (Lipinski definition) is 1. The quantitative estimate of drug-likeness (QED) is 0.631. The minimum absolute atomic E-state index is 0.289. The van der Waals surface area contributed by atoms with Crippen molar-refractivity contribution in [1.29, 1.82) is 0 Å². The maximum Gasteiger partial charge on any atom is 0.126 e. The van der Waals surface area contributed by atoms with Gasteiger partial charge in [0.2, 0.25) is 0 Å². The van der Waals surface area contributed by atoms with Crippen LogP contribution in [0.5, 0.6) is 0 Å². The van der Waals surface area contributed by atoms with Gasteiger partial charge < -0.3 is 5.11 Å². The molecule has 1 N–H and O–H groups in total. The van der Waals surface area contributed by atoms with Crippen molar-refractivity contribution >= 4 is 0 Å². The van der Waals surface area contributed by atoms with E-state index in [0.717, 1.165) is 6.61 Å². The molecular weight excluding hydrogens is 131 g/mol. The molecule has 1 aromatic carbocycles. The van der Waals surface area contributed by atoms with E-state index in [1.807, 2.05) is 0 Å². The zero-order valence-electron chi connectivity index (χ0n) is 5.63. The van der Waals surface area contributed by atoms with Gasteiger partial charge in [0.05, 0.1) is 0 Å². The monoisotopic (exact) mass is 139 g/mol. The molecule has 10 heavy (non-hydrogen) atoms. The first kappa shape index (κ1) is 7.22. The van der Waals surface area contributed by atoms with Gasteiger partial charge in [-0.2, -0.15) is 0 Å². The Hall–Kier alpha value is -0.890. The number of aliphatic hydroxyl groups is 1. The second-order valence-corrected chi connectivity index (χ2v) is 2.08. The van der Waals surface area contributed by atoms with Gasteiger partial charge in [-0.1, -0.05) is 12.1 Å². The Labute approximate surface area is 59.1 Å². The minimum atomic E-state index is -0.289. The predicted molar refractivity (Wildman–Crippen MR) is 36.5 cm³/mol. The van der Waals surface area contributed by atoms with E-state index in [2.05, 4.69) is 0 Å². The molecule has 53 valence electrons. The number of rotatable bonds is 1. The van der Waals surface area contributed by atoms with Crippen LogP contribution in [0.2, 0.25) is 0 Å². The first-order valence-electron chi connectivity index (χ1n) is 2.98. The fraction of sp³-hybridized carbons (Fsp3) is 0.125. The third kappa shape index (κ3) is 1.16. The van der Waals surface area contributed by atoms with Crippen molar-refractivity contribution in [2.24, 2.45) is 0 Å². The van der Waals surface area contributed by atoms with Crippen LogP contribution in [-0.2, 0) is 0 Å². The topological polar surface area (TPSA) is 20.2 Å². The van der Waals surface area contributed by atoms with E-state index >= 15 is 0 Å². The highest BCUT2D eigenvalue weighted by atomic mass is 19.1. The molecular formula is C8H8FO. The Bertz CT molecular complexity index is 233. The van der Waals surface area contributed by atoms with E-state index in [-0.39, 0.29) is 5.82 Å². The van der Waals surface area contributed by atoms with Gasteiger partial charge in [0.25, 0.3) is 0 Å². The van der Waals surface area contributed by atoms with Crippen LogP contribution in [0.3, 0.4) is 0 Å². The molecule has 0 unspecified atom stereocenters. The first-order chi connectivity index (χ1) is 4.75. The van der Waals surface area contributed by atoms with E-state index < -0.39 is 0 Å². The molecule has 0 aliphatic heterocycles. The summed E-state index contributed by atoms with van der Waals surface area (Å²) in [6.07, 6.45) is 0. The molecule has 1 aromatic rings. The lowest BCUT2D eigenvalue weighted by atomic mass is 10.1. The van der Waals surface area contributed by atoms with Crippen LogP contribution in [0.1, 0.15) is 11.1 Å². The van der Waals surface area contributed by atoms with Gasteiger partial charge in [-0.05, 0) is 24.1 Å². The zero-order chi connectivity index (χ0) is 7.56. The van der Waals surface area contributed by atoms with Crippen molar-refractivity contribution in [3.8, 4) is 0 Å². The highest BCUT2D eigenvalue weighted by Crippen LogP contribution is 2.11. The molecule has 0 fully saturated rings. The summed E-state index contributed by atoms with van der Waals surface area (Å²) in [5.41, 5.74) is 1.00. The summed E-state index contributed by atoms with van der Waals surface area (Å²) in [5, 5.41) is 8.55. The van der Waals surface area contributed by atoms with Crippen LogP contribution >= 0.6 is 0 Å². The van der Waals surface area contributed by atoms with Crippen LogP contribution < -0.4 is 0 Å². The first-order valence-corrected chi connectivity index (χ1v) is 2.98. The van der Waals surface area contributed by atoms with E-state index in [1.54, 1.807) is 19.1 Å². The summed E-state index contributed by atoms with van der Waals surface area (Å²) < 4.78 is 12.6. The predicted octanol–water partition coefficient (Wildman–Crippen LogP) is 2.02. The standard InChI is InChI=1S/C8H8FO/c1-6-7(5-10)3-2-4-8(6)9/h2-5,10H,1H3. The smallest absolute Gasteiger partial charge is 0.126 e. The molecule has 0 aromatic heterocycles. The summed E-state index contributed by atoms with van der Waals surface area (Å²) in [6.45, 7) is 2.52. The maximum atomic E-state index is 12.6. The van der Waals surface area contributed by atoms with Gasteiger partial charge >= 0.3 is 0 Å². The van der Waals surface area contributed by atoms with Crippen molar-refractivity contribution in [3.63, 3.8) is 0 Å². The third-order valence-corrected chi connectivity index (χ3v) is 1.45. The van der Waals surface area contributed by atoms with Gasteiger partial charge in [-0.15, -0.1) is 0 Å². The molecule has 1 radical (unpaired) electrons. The summed E-state index contributed by atoms with van der Waals surface area (Å²) in [4.78, 5) is 0. The average Bonchev–Trinajstić information content (AvgIpc) is 1.95. The van der Waals surface area contributed by atoms with Gasteiger partial charge in [-0.3, -0.25) is 0 Å². The van der Waals surface area contributed by atoms with Crippen molar-refractivity contribution in [3.05, 3.63) is 41.8 Å². The summed E-state index contributed by atoms with van der Waals surface area (Å²) in [7, 11) is 0. The Morgan fingerprint density at radius 3 is 2.70 bits per heavy atom. The Morgan fingerprint density at radius 2 is 2.20 bits per heavy atom. The van der Waals surface area contributed by atoms with Crippen LogP contribution in [-0.4, -0.2) is 5.11 Å². The lowest BCUT2D eigenvalue weighted by molar-refractivity contribution is 0.413. The fourth-order valence-corrected chi connectivity index (χ4v) is 0.764. The third-order valence-electron chi connectivity index (χ3n) is 1.45. The molecule has 2 heteroatoms. The molecule has 0 saturated carbocycles. The number of hydrogen-bond donors (Lipinski definition) is 1. The Morgan fingerprint density at radius 1 is 1.50 bits per heavy atom. The lowest BCUT2D eigenvalue weighted by Crippen LogP contribution is -1.89. The van der Waals surface area contributed by atoms with Gasteiger partial charge in [-0.25, -0.2) is 4.39 Å². The van der Waals surface area contributed by atoms with Gasteiger partial charge in [0.1, 0.15) is 12.4 Å². The zero-order valence-corrected chi connectivity index (χ0v) is 5.63. The SMILES string of the molecule is Cc1c(F)cccc1[CH]O. The molecule has 1 nitrogen and oxygen atoms in total. The molecule has 0 aliphatic carbocycles. The summed E-state index contributed by atoms with van der Waals surface area (Å²) in [6, 6.07) is 4.57. The van der Waals surface area contributed by atoms with E-state index in [4.69, 9.17) is 5.11 Å². The molecule has 0 saturated heterocycles. The van der Waals surface area contributed by atoms with Crippen molar-refractivity contribution in [2.75, 3.05) is 0 Å². The molecule has 0 aliphatic rings. The normalized spacial score (nSPS) is 9.90.